The van der Waals surface area contributed by atoms with Gasteiger partial charge in [0.2, 0.25) is 5.91 Å². The van der Waals surface area contributed by atoms with E-state index < -0.39 is 0 Å². The van der Waals surface area contributed by atoms with Crippen LogP contribution >= 0.6 is 0 Å². The topological polar surface area (TPSA) is 72.7 Å². The first kappa shape index (κ1) is 15.7. The van der Waals surface area contributed by atoms with Crippen molar-refractivity contribution in [2.24, 2.45) is 0 Å². The molecule has 0 unspecified atom stereocenters. The first-order chi connectivity index (χ1) is 10.4. The molecule has 2 aromatic rings. The van der Waals surface area contributed by atoms with Crippen LogP contribution in [0, 0.1) is 40.0 Å². The van der Waals surface area contributed by atoms with Crippen LogP contribution < -0.4 is 5.32 Å². The van der Waals surface area contributed by atoms with Crippen LogP contribution in [0.15, 0.2) is 6.07 Å². The highest BCUT2D eigenvalue weighted by molar-refractivity contribution is 5.79. The summed E-state index contributed by atoms with van der Waals surface area (Å²) in [6.45, 7) is 7.84. The van der Waals surface area contributed by atoms with Gasteiger partial charge in [-0.3, -0.25) is 4.79 Å². The van der Waals surface area contributed by atoms with Gasteiger partial charge in [0, 0.05) is 22.6 Å². The van der Waals surface area contributed by atoms with Gasteiger partial charge in [0.1, 0.15) is 0 Å². The maximum Gasteiger partial charge on any atom is 0.251 e. The summed E-state index contributed by atoms with van der Waals surface area (Å²) < 4.78 is 1.68. The van der Waals surface area contributed by atoms with Crippen molar-refractivity contribution >= 4 is 5.91 Å². The summed E-state index contributed by atoms with van der Waals surface area (Å²) in [6.07, 6.45) is 5.38. The third-order valence-electron chi connectivity index (χ3n) is 3.33. The van der Waals surface area contributed by atoms with Gasteiger partial charge in [-0.2, -0.15) is 5.10 Å². The molecule has 0 aliphatic carbocycles. The van der Waals surface area contributed by atoms with E-state index >= 15 is 0 Å². The van der Waals surface area contributed by atoms with E-state index in [9.17, 15) is 4.79 Å². The molecule has 0 aliphatic heterocycles. The Morgan fingerprint density at radius 3 is 2.50 bits per heavy atom. The molecule has 2 heterocycles. The summed E-state index contributed by atoms with van der Waals surface area (Å²) in [5, 5.41) is 7.13. The summed E-state index contributed by atoms with van der Waals surface area (Å²) >= 11 is 0. The Kier molecular flexibility index (Phi) is 4.56. The Morgan fingerprint density at radius 2 is 1.91 bits per heavy atom. The molecule has 0 saturated heterocycles. The minimum atomic E-state index is -0.120. The van der Waals surface area contributed by atoms with Crippen LogP contribution in [0.4, 0.5) is 0 Å². The molecule has 2 aromatic heterocycles. The summed E-state index contributed by atoms with van der Waals surface area (Å²) in [6, 6.07) is 1.91. The third kappa shape index (κ3) is 3.31. The van der Waals surface area contributed by atoms with Gasteiger partial charge in [-0.05, 0) is 33.8 Å². The van der Waals surface area contributed by atoms with Crippen LogP contribution in [-0.4, -0.2) is 32.2 Å². The molecule has 114 valence electrons. The van der Waals surface area contributed by atoms with Crippen LogP contribution in [0.2, 0.25) is 0 Å². The summed E-state index contributed by atoms with van der Waals surface area (Å²) in [5.74, 6) is 2.79. The predicted molar refractivity (Wildman–Crippen MR) is 83.6 cm³/mol. The van der Waals surface area contributed by atoms with E-state index in [1.165, 1.54) is 0 Å². The quantitative estimate of drug-likeness (QED) is 0.860. The molecule has 6 heteroatoms. The van der Waals surface area contributed by atoms with E-state index in [-0.39, 0.29) is 18.9 Å². The number of hydrogen-bond donors (Lipinski definition) is 1. The largest absolute Gasteiger partial charge is 0.345 e. The Hall–Kier alpha value is -2.68. The van der Waals surface area contributed by atoms with Crippen molar-refractivity contribution < 1.29 is 4.79 Å². The number of amides is 1. The molecular weight excluding hydrogens is 278 g/mol. The number of carbonyl (C=O) groups is 1. The van der Waals surface area contributed by atoms with E-state index in [0.717, 1.165) is 28.3 Å². The van der Waals surface area contributed by atoms with Crippen LogP contribution in [-0.2, 0) is 11.2 Å². The van der Waals surface area contributed by atoms with E-state index in [1.54, 1.807) is 4.68 Å². The highest BCUT2D eigenvalue weighted by Crippen LogP contribution is 2.17. The molecular formula is C16H19N5O. The summed E-state index contributed by atoms with van der Waals surface area (Å²) in [5.41, 5.74) is 4.28. The Labute approximate surface area is 130 Å². The molecule has 0 fully saturated rings. The third-order valence-corrected chi connectivity index (χ3v) is 3.33. The van der Waals surface area contributed by atoms with E-state index in [0.29, 0.717) is 5.95 Å². The van der Waals surface area contributed by atoms with Crippen molar-refractivity contribution in [1.29, 1.82) is 0 Å². The molecule has 1 amide bonds. The number of hydrogen-bond acceptors (Lipinski definition) is 4. The molecule has 22 heavy (non-hydrogen) atoms. The summed E-state index contributed by atoms with van der Waals surface area (Å²) in [4.78, 5) is 20.7. The van der Waals surface area contributed by atoms with Crippen LogP contribution in [0.25, 0.3) is 5.95 Å². The van der Waals surface area contributed by atoms with E-state index in [1.807, 2.05) is 33.8 Å². The van der Waals surface area contributed by atoms with Crippen molar-refractivity contribution in [3.05, 3.63) is 34.4 Å². The molecule has 0 aliphatic rings. The molecule has 0 radical (unpaired) electrons. The maximum absolute atomic E-state index is 11.9. The number of terminal acetylenes is 1. The molecule has 2 rings (SSSR count). The predicted octanol–water partition coefficient (Wildman–Crippen LogP) is 1.19. The fourth-order valence-electron chi connectivity index (χ4n) is 2.30. The number of aromatic nitrogens is 4. The van der Waals surface area contributed by atoms with Crippen molar-refractivity contribution in [2.45, 2.75) is 34.1 Å². The molecule has 0 aromatic carbocycles. The van der Waals surface area contributed by atoms with Crippen molar-refractivity contribution in [1.82, 2.24) is 25.1 Å². The van der Waals surface area contributed by atoms with Crippen LogP contribution in [0.5, 0.6) is 0 Å². The fourth-order valence-corrected chi connectivity index (χ4v) is 2.30. The molecule has 0 saturated carbocycles. The minimum Gasteiger partial charge on any atom is -0.345 e. The Balaban J connectivity index is 2.34. The van der Waals surface area contributed by atoms with Gasteiger partial charge in [-0.15, -0.1) is 6.42 Å². The molecule has 0 atom stereocenters. The van der Waals surface area contributed by atoms with Crippen molar-refractivity contribution in [3.63, 3.8) is 0 Å². The highest BCUT2D eigenvalue weighted by atomic mass is 16.1. The molecule has 1 N–H and O–H groups in total. The normalized spacial score (nSPS) is 10.3. The number of rotatable bonds is 4. The zero-order valence-corrected chi connectivity index (χ0v) is 13.3. The standard InChI is InChI=1S/C16H19N5O/c1-6-7-17-15(22)9-14-12(4)20-21(13(14)5)16-18-10(2)8-11(3)19-16/h1,8H,7,9H2,2-5H3,(H,17,22). The lowest BCUT2D eigenvalue weighted by Crippen LogP contribution is -2.25. The lowest BCUT2D eigenvalue weighted by Gasteiger charge is -2.06. The van der Waals surface area contributed by atoms with E-state index in [2.05, 4.69) is 26.3 Å². The van der Waals surface area contributed by atoms with Crippen molar-refractivity contribution in [2.75, 3.05) is 6.54 Å². The minimum absolute atomic E-state index is 0.120. The second-order valence-electron chi connectivity index (χ2n) is 5.17. The van der Waals surface area contributed by atoms with Crippen molar-refractivity contribution in [3.8, 4) is 18.3 Å². The SMILES string of the molecule is C#CCNC(=O)Cc1c(C)nn(-c2nc(C)cc(C)n2)c1C. The lowest BCUT2D eigenvalue weighted by atomic mass is 10.1. The fraction of sp³-hybridized carbons (Fsp3) is 0.375. The highest BCUT2D eigenvalue weighted by Gasteiger charge is 2.17. The maximum atomic E-state index is 11.9. The van der Waals surface area contributed by atoms with Crippen LogP contribution in [0.3, 0.4) is 0 Å². The second kappa shape index (κ2) is 6.39. The first-order valence-electron chi connectivity index (χ1n) is 7.00. The Bertz CT molecular complexity index is 734. The van der Waals surface area contributed by atoms with Gasteiger partial charge in [0.15, 0.2) is 0 Å². The van der Waals surface area contributed by atoms with Gasteiger partial charge >= 0.3 is 0 Å². The number of nitrogens with zero attached hydrogens (tertiary/aromatic N) is 4. The Morgan fingerprint density at radius 1 is 1.27 bits per heavy atom. The first-order valence-corrected chi connectivity index (χ1v) is 7.00. The smallest absolute Gasteiger partial charge is 0.251 e. The molecule has 0 bridgehead atoms. The molecule has 0 spiro atoms. The van der Waals surface area contributed by atoms with E-state index in [4.69, 9.17) is 6.42 Å². The van der Waals surface area contributed by atoms with Crippen LogP contribution in [0.1, 0.15) is 28.3 Å². The molecule has 6 nitrogen and oxygen atoms in total. The van der Waals surface area contributed by atoms with Gasteiger partial charge in [-0.1, -0.05) is 5.92 Å². The summed E-state index contributed by atoms with van der Waals surface area (Å²) in [7, 11) is 0. The number of nitrogens with one attached hydrogen (secondary N) is 1. The zero-order chi connectivity index (χ0) is 16.3. The average Bonchev–Trinajstić information content (AvgIpc) is 2.72. The number of aryl methyl sites for hydroxylation is 3. The zero-order valence-electron chi connectivity index (χ0n) is 13.3. The van der Waals surface area contributed by atoms with Gasteiger partial charge in [0.25, 0.3) is 5.95 Å². The van der Waals surface area contributed by atoms with Gasteiger partial charge in [-0.25, -0.2) is 14.6 Å². The lowest BCUT2D eigenvalue weighted by molar-refractivity contribution is -0.120. The average molecular weight is 297 g/mol. The monoisotopic (exact) mass is 297 g/mol. The van der Waals surface area contributed by atoms with Gasteiger partial charge < -0.3 is 5.32 Å². The number of carbonyl (C=O) groups excluding carboxylic acids is 1. The van der Waals surface area contributed by atoms with Gasteiger partial charge in [0.05, 0.1) is 18.7 Å². The second-order valence-corrected chi connectivity index (χ2v) is 5.17.